The average molecular weight is 1380 g/mol. The second kappa shape index (κ2) is 53.9. The van der Waals surface area contributed by atoms with Crippen LogP contribution in [-0.2, 0) is 35.3 Å². The summed E-state index contributed by atoms with van der Waals surface area (Å²) in [5.41, 5.74) is 11.9. The molecule has 556 valence electrons. The Kier molecular flexibility index (Phi) is 45.2. The van der Waals surface area contributed by atoms with E-state index in [0.717, 1.165) is 152 Å². The van der Waals surface area contributed by atoms with Crippen LogP contribution in [0.25, 0.3) is 0 Å². The molecule has 5 rings (SSSR count). The molecule has 2 N–H and O–H groups in total. The number of aryl methyl sites for hydroxylation is 4. The van der Waals surface area contributed by atoms with Gasteiger partial charge in [0.05, 0.1) is 42.6 Å². The van der Waals surface area contributed by atoms with Crippen molar-refractivity contribution in [3.8, 4) is 17.2 Å². The van der Waals surface area contributed by atoms with Crippen LogP contribution >= 0.6 is 0 Å². The molecule has 11 nitrogen and oxygen atoms in total. The van der Waals surface area contributed by atoms with Gasteiger partial charge in [-0.25, -0.2) is 0 Å². The monoisotopic (exact) mass is 1380 g/mol. The van der Waals surface area contributed by atoms with E-state index in [2.05, 4.69) is 160 Å². The van der Waals surface area contributed by atoms with Gasteiger partial charge in [-0.15, -0.1) is 0 Å². The van der Waals surface area contributed by atoms with Gasteiger partial charge in [-0.2, -0.15) is 20.5 Å². The fourth-order valence-corrected chi connectivity index (χ4v) is 12.9. The van der Waals surface area contributed by atoms with Crippen molar-refractivity contribution < 1.29 is 23.8 Å². The maximum atomic E-state index is 12.8. The van der Waals surface area contributed by atoms with Gasteiger partial charge >= 0.3 is 0 Å². The van der Waals surface area contributed by atoms with Crippen molar-refractivity contribution in [1.82, 2.24) is 0 Å². The predicted molar refractivity (Wildman–Crippen MR) is 430 cm³/mol. The molecule has 5 aromatic rings. The number of allylic oxidation sites excluding steroid dienone is 4. The zero-order valence-electron chi connectivity index (χ0n) is 64.9. The summed E-state index contributed by atoms with van der Waals surface area (Å²) in [5.74, 6) is 3.15. The largest absolute Gasteiger partial charge is 0.489 e. The summed E-state index contributed by atoms with van der Waals surface area (Å²) in [6.07, 6.45) is 50.5. The van der Waals surface area contributed by atoms with E-state index < -0.39 is 0 Å². The number of amides is 2. The van der Waals surface area contributed by atoms with E-state index in [0.29, 0.717) is 44.5 Å². The van der Waals surface area contributed by atoms with Crippen LogP contribution in [0.15, 0.2) is 147 Å². The van der Waals surface area contributed by atoms with E-state index in [1.165, 1.54) is 176 Å². The SMILES string of the molecule is CCCCCCCCCCCCOc1c(CCc2ccc(N=Nc3ccc(NC(=O)C[C@@H](C)CCC=C(C)C)cc3)cc2)cc(CCc2ccc(N=Nc3ccc(NC(=O)C[C@@H](C)CCC=C(C)C)cc3)cc2)c(OCCCCCCCCCCCC)c1OCCCCCCCCCCCC. The number of ether oxygens (including phenoxy) is 3. The molecule has 0 aliphatic carbocycles. The first-order valence-corrected chi connectivity index (χ1v) is 40.5. The van der Waals surface area contributed by atoms with Crippen LogP contribution < -0.4 is 24.8 Å². The Hall–Kier alpha value is -6.88. The molecule has 0 unspecified atom stereocenters. The molecule has 0 spiro atoms. The first-order valence-electron chi connectivity index (χ1n) is 40.5. The summed E-state index contributed by atoms with van der Waals surface area (Å²) in [6.45, 7) is 21.5. The van der Waals surface area contributed by atoms with Crippen molar-refractivity contribution in [1.29, 1.82) is 0 Å². The maximum Gasteiger partial charge on any atom is 0.224 e. The molecule has 0 fully saturated rings. The van der Waals surface area contributed by atoms with E-state index in [-0.39, 0.29) is 11.8 Å². The number of carbonyl (C=O) groups is 2. The summed E-state index contributed by atoms with van der Waals surface area (Å²) >= 11 is 0. The van der Waals surface area contributed by atoms with Crippen molar-refractivity contribution in [3.05, 3.63) is 149 Å². The van der Waals surface area contributed by atoms with Gasteiger partial charge in [0, 0.05) is 24.2 Å². The minimum absolute atomic E-state index is 0.0297. The molecule has 0 radical (unpaired) electrons. The van der Waals surface area contributed by atoms with Gasteiger partial charge in [0.15, 0.2) is 11.5 Å². The number of azo groups is 2. The van der Waals surface area contributed by atoms with Gasteiger partial charge in [0.2, 0.25) is 17.6 Å². The molecule has 0 saturated carbocycles. The van der Waals surface area contributed by atoms with Crippen molar-refractivity contribution in [2.45, 2.75) is 319 Å². The van der Waals surface area contributed by atoms with E-state index >= 15 is 0 Å². The van der Waals surface area contributed by atoms with Crippen LogP contribution in [-0.4, -0.2) is 31.6 Å². The van der Waals surface area contributed by atoms with E-state index in [4.69, 9.17) is 14.2 Å². The number of nitrogens with one attached hydrogen (secondary N) is 2. The van der Waals surface area contributed by atoms with E-state index in [1.54, 1.807) is 0 Å². The van der Waals surface area contributed by atoms with Crippen LogP contribution in [0.3, 0.4) is 0 Å². The molecule has 2 amide bonds. The van der Waals surface area contributed by atoms with Crippen molar-refractivity contribution in [2.24, 2.45) is 32.3 Å². The quantitative estimate of drug-likeness (QED) is 0.0227. The van der Waals surface area contributed by atoms with E-state index in [1.807, 2.05) is 48.5 Å². The molecule has 0 aromatic heterocycles. The van der Waals surface area contributed by atoms with Crippen LogP contribution in [0.2, 0.25) is 0 Å². The van der Waals surface area contributed by atoms with Gasteiger partial charge < -0.3 is 24.8 Å². The highest BCUT2D eigenvalue weighted by Gasteiger charge is 2.24. The predicted octanol–water partition coefficient (Wildman–Crippen LogP) is 28.4. The fraction of sp³-hybridized carbons (Fsp3) is 0.600. The Labute approximate surface area is 614 Å². The summed E-state index contributed by atoms with van der Waals surface area (Å²) in [5, 5.41) is 24.5. The zero-order chi connectivity index (χ0) is 72.2. The van der Waals surface area contributed by atoms with Crippen LogP contribution in [0, 0.1) is 11.8 Å². The van der Waals surface area contributed by atoms with Crippen LogP contribution in [0.4, 0.5) is 34.1 Å². The number of unbranched alkanes of at least 4 members (excludes halogenated alkanes) is 27. The second-order valence-electron chi connectivity index (χ2n) is 29.5. The lowest BCUT2D eigenvalue weighted by atomic mass is 9.96. The third-order valence-electron chi connectivity index (χ3n) is 19.2. The maximum absolute atomic E-state index is 12.8. The summed E-state index contributed by atoms with van der Waals surface area (Å²) in [4.78, 5) is 25.7. The van der Waals surface area contributed by atoms with Gasteiger partial charge in [-0.1, -0.05) is 256 Å². The number of nitrogens with zero attached hydrogens (tertiary/aromatic N) is 4. The topological polar surface area (TPSA) is 135 Å². The molecule has 101 heavy (non-hydrogen) atoms. The lowest BCUT2D eigenvalue weighted by Gasteiger charge is -2.23. The number of hydrogen-bond acceptors (Lipinski definition) is 9. The van der Waals surface area contributed by atoms with Gasteiger partial charge in [0.25, 0.3) is 0 Å². The first-order chi connectivity index (χ1) is 49.3. The highest BCUT2D eigenvalue weighted by Crippen LogP contribution is 2.45. The minimum atomic E-state index is 0.0297. The lowest BCUT2D eigenvalue weighted by molar-refractivity contribution is -0.117. The Bertz CT molecular complexity index is 2910. The van der Waals surface area contributed by atoms with E-state index in [9.17, 15) is 9.59 Å². The molecular formula is C90H136N6O5. The minimum Gasteiger partial charge on any atom is -0.489 e. The Morgan fingerprint density at radius 3 is 0.911 bits per heavy atom. The number of carbonyl (C=O) groups excluding carboxylic acids is 2. The molecule has 0 saturated heterocycles. The molecule has 0 heterocycles. The third-order valence-corrected chi connectivity index (χ3v) is 19.2. The fourth-order valence-electron chi connectivity index (χ4n) is 12.9. The van der Waals surface area contributed by atoms with Crippen molar-refractivity contribution >= 4 is 45.9 Å². The third kappa shape index (κ3) is 39.4. The number of anilines is 2. The summed E-state index contributed by atoms with van der Waals surface area (Å²) in [6, 6.07) is 34.4. The van der Waals surface area contributed by atoms with Gasteiger partial charge in [-0.05, 0) is 211 Å². The molecular weight excluding hydrogens is 1250 g/mol. The summed E-state index contributed by atoms with van der Waals surface area (Å²) in [7, 11) is 0. The second-order valence-corrected chi connectivity index (χ2v) is 29.5. The van der Waals surface area contributed by atoms with Gasteiger partial charge in [-0.3, -0.25) is 9.59 Å². The average Bonchev–Trinajstić information content (AvgIpc) is 0.791. The first kappa shape index (κ1) is 84.8. The molecule has 11 heteroatoms. The molecule has 0 aliphatic heterocycles. The Morgan fingerprint density at radius 1 is 0.356 bits per heavy atom. The van der Waals surface area contributed by atoms with Crippen LogP contribution in [0.5, 0.6) is 17.2 Å². The Balaban J connectivity index is 1.39. The van der Waals surface area contributed by atoms with Crippen molar-refractivity contribution in [2.75, 3.05) is 30.5 Å². The smallest absolute Gasteiger partial charge is 0.224 e. The standard InChI is InChI=1S/C90H136N6O5/c1-10-13-16-19-22-25-28-31-34-37-66-99-88-78(52-46-76-48-54-82(55-49-76)93-95-84-62-58-80(59-63-84)91-86(97)69-74(8)44-40-42-72(4)5)71-79(89(100-67-38-35-32-29-26-23-20-17-14-11-2)90(88)101-68-39-36-33-30-27-24-21-18-15-12-3)53-47-77-50-56-83(57-51-77)94-96-85-64-60-81(61-65-85)92-87(98)70-75(9)45-41-43-73(6)7/h42-43,48-51,54-65,71,74-75H,10-41,44-47,52-53,66-70H2,1-9H3,(H,91,97)(H,92,98)/t74-,75-/m0/s1. The number of rotatable bonds is 58. The normalized spacial score (nSPS) is 12.0. The lowest BCUT2D eigenvalue weighted by Crippen LogP contribution is -2.15. The van der Waals surface area contributed by atoms with Gasteiger partial charge in [0.1, 0.15) is 0 Å². The zero-order valence-corrected chi connectivity index (χ0v) is 64.9. The molecule has 0 aliphatic rings. The molecule has 5 aromatic carbocycles. The number of hydrogen-bond donors (Lipinski definition) is 2. The molecule has 0 bridgehead atoms. The Morgan fingerprint density at radius 2 is 0.624 bits per heavy atom. The highest BCUT2D eigenvalue weighted by molar-refractivity contribution is 5.91. The molecule has 2 atom stereocenters. The van der Waals surface area contributed by atoms with Crippen molar-refractivity contribution in [3.63, 3.8) is 0 Å². The number of benzene rings is 5. The summed E-state index contributed by atoms with van der Waals surface area (Å²) < 4.78 is 21.4. The highest BCUT2D eigenvalue weighted by atomic mass is 16.5. The van der Waals surface area contributed by atoms with Crippen LogP contribution in [0.1, 0.15) is 316 Å².